The third-order valence-corrected chi connectivity index (χ3v) is 6.01. The van der Waals surface area contributed by atoms with E-state index in [1.807, 2.05) is 55.8 Å². The third kappa shape index (κ3) is 4.45. The largest absolute Gasteiger partial charge is 0.422 e. The molecule has 1 aromatic carbocycles. The molecule has 0 amide bonds. The normalized spacial score (nSPS) is 12.8. The summed E-state index contributed by atoms with van der Waals surface area (Å²) < 4.78 is 7.58. The first-order chi connectivity index (χ1) is 15.4. The summed E-state index contributed by atoms with van der Waals surface area (Å²) in [6.45, 7) is 9.98. The van der Waals surface area contributed by atoms with E-state index in [1.54, 1.807) is 0 Å². The van der Waals surface area contributed by atoms with Gasteiger partial charge in [-0.2, -0.15) is 0 Å². The van der Waals surface area contributed by atoms with Crippen molar-refractivity contribution in [1.82, 2.24) is 19.3 Å². The van der Waals surface area contributed by atoms with Crippen LogP contribution in [0, 0.1) is 13.8 Å². The number of aromatic nitrogens is 3. The fourth-order valence-corrected chi connectivity index (χ4v) is 4.22. The Hall–Kier alpha value is -3.03. The maximum Gasteiger partial charge on any atom is 0.345 e. The molecule has 7 heteroatoms. The van der Waals surface area contributed by atoms with E-state index >= 15 is 0 Å². The van der Waals surface area contributed by atoms with Crippen LogP contribution < -0.4 is 5.63 Å². The Morgan fingerprint density at radius 2 is 2.00 bits per heavy atom. The predicted molar refractivity (Wildman–Crippen MR) is 126 cm³/mol. The predicted octanol–water partition coefficient (Wildman–Crippen LogP) is 3.75. The molecule has 7 nitrogen and oxygen atoms in total. The molecule has 3 aromatic heterocycles. The van der Waals surface area contributed by atoms with Crippen LogP contribution in [0.4, 0.5) is 0 Å². The van der Waals surface area contributed by atoms with Crippen LogP contribution in [0.15, 0.2) is 45.9 Å². The van der Waals surface area contributed by atoms with Crippen molar-refractivity contribution in [1.29, 1.82) is 0 Å². The van der Waals surface area contributed by atoms with Gasteiger partial charge in [-0.25, -0.2) is 9.78 Å². The van der Waals surface area contributed by atoms with Gasteiger partial charge in [0.15, 0.2) is 5.65 Å². The molecule has 0 fully saturated rings. The number of fused-ring (bicyclic) bond motifs is 2. The number of hydrogen-bond acceptors (Lipinski definition) is 6. The highest BCUT2D eigenvalue weighted by atomic mass is 16.4. The summed E-state index contributed by atoms with van der Waals surface area (Å²) in [6.07, 6.45) is 5.60. The number of nitrogens with zero attached hydrogens (tertiary/aromatic N) is 4. The smallest absolute Gasteiger partial charge is 0.345 e. The highest BCUT2D eigenvalue weighted by molar-refractivity contribution is 5.81. The Kier molecular flexibility index (Phi) is 6.39. The molecule has 1 N–H and O–H groups in total. The van der Waals surface area contributed by atoms with Crippen molar-refractivity contribution in [2.24, 2.45) is 0 Å². The Balaban J connectivity index is 1.57. The lowest BCUT2D eigenvalue weighted by molar-refractivity contribution is 0.138. The summed E-state index contributed by atoms with van der Waals surface area (Å²) in [5, 5.41) is 10.2. The van der Waals surface area contributed by atoms with Gasteiger partial charge in [-0.15, -0.1) is 0 Å². The Morgan fingerprint density at radius 3 is 2.75 bits per heavy atom. The summed E-state index contributed by atoms with van der Waals surface area (Å²) in [6, 6.07) is 8.05. The number of aliphatic hydroxyl groups excluding tert-OH is 1. The van der Waals surface area contributed by atoms with E-state index in [1.165, 1.54) is 0 Å². The molecule has 0 radical (unpaired) electrons. The average molecular weight is 435 g/mol. The molecule has 168 valence electrons. The number of benzene rings is 1. The fraction of sp³-hybridized carbons (Fsp3) is 0.400. The van der Waals surface area contributed by atoms with Crippen LogP contribution in [-0.2, 0) is 6.42 Å². The summed E-state index contributed by atoms with van der Waals surface area (Å²) in [5.74, 6) is 0. The number of imidazole rings is 1. The number of hydrogen-bond donors (Lipinski definition) is 1. The van der Waals surface area contributed by atoms with Gasteiger partial charge >= 0.3 is 5.63 Å². The summed E-state index contributed by atoms with van der Waals surface area (Å²) in [7, 11) is 0. The van der Waals surface area contributed by atoms with Gasteiger partial charge in [-0.3, -0.25) is 9.88 Å². The van der Waals surface area contributed by atoms with Gasteiger partial charge in [0.1, 0.15) is 5.58 Å². The molecule has 0 spiro atoms. The van der Waals surface area contributed by atoms with Crippen LogP contribution in [0.5, 0.6) is 0 Å². The number of aliphatic hydroxyl groups is 1. The second-order valence-electron chi connectivity index (χ2n) is 8.41. The molecule has 0 bridgehead atoms. The van der Waals surface area contributed by atoms with Crippen LogP contribution >= 0.6 is 0 Å². The SMILES string of the molecule is CCN(CCCc1ccc2cc(-c3cn4cc(C)nc(C)c4n3)c(=O)oc2c1)[C@H](C)CO. The van der Waals surface area contributed by atoms with Crippen molar-refractivity contribution in [2.45, 2.75) is 46.6 Å². The molecule has 0 aliphatic heterocycles. The van der Waals surface area contributed by atoms with Crippen LogP contribution in [-0.4, -0.2) is 50.1 Å². The topological polar surface area (TPSA) is 83.9 Å². The maximum absolute atomic E-state index is 12.8. The molecule has 3 heterocycles. The van der Waals surface area contributed by atoms with Crippen LogP contribution in [0.25, 0.3) is 27.9 Å². The minimum absolute atomic E-state index is 0.163. The van der Waals surface area contributed by atoms with Crippen molar-refractivity contribution in [2.75, 3.05) is 19.7 Å². The standard InChI is InChI=1S/C25H30N4O3/c1-5-28(17(3)15-30)10-6-7-19-8-9-20-12-21(25(31)32-23(20)11-19)22-14-29-13-16(2)26-18(4)24(29)27-22/h8-9,11-14,17,30H,5-7,10,15H2,1-4H3/t17-/m1/s1. The highest BCUT2D eigenvalue weighted by Gasteiger charge is 2.14. The third-order valence-electron chi connectivity index (χ3n) is 6.01. The maximum atomic E-state index is 12.8. The Morgan fingerprint density at radius 1 is 1.19 bits per heavy atom. The van der Waals surface area contributed by atoms with E-state index in [0.717, 1.165) is 53.9 Å². The second-order valence-corrected chi connectivity index (χ2v) is 8.41. The molecule has 4 aromatic rings. The molecule has 1 atom stereocenters. The highest BCUT2D eigenvalue weighted by Crippen LogP contribution is 2.23. The zero-order valence-corrected chi connectivity index (χ0v) is 19.1. The lowest BCUT2D eigenvalue weighted by atomic mass is 10.1. The molecule has 0 unspecified atom stereocenters. The van der Waals surface area contributed by atoms with Crippen molar-refractivity contribution in [3.8, 4) is 11.3 Å². The molecule has 0 saturated carbocycles. The van der Waals surface area contributed by atoms with Gasteiger partial charge < -0.3 is 13.9 Å². The first-order valence-corrected chi connectivity index (χ1v) is 11.1. The lowest BCUT2D eigenvalue weighted by Gasteiger charge is -2.26. The zero-order chi connectivity index (χ0) is 22.8. The quantitative estimate of drug-likeness (QED) is 0.425. The summed E-state index contributed by atoms with van der Waals surface area (Å²) >= 11 is 0. The van der Waals surface area contributed by atoms with Crippen LogP contribution in [0.1, 0.15) is 37.2 Å². The fourth-order valence-electron chi connectivity index (χ4n) is 4.22. The van der Waals surface area contributed by atoms with Crippen LogP contribution in [0.2, 0.25) is 0 Å². The van der Waals surface area contributed by atoms with Crippen molar-refractivity contribution >= 4 is 16.6 Å². The first kappa shape index (κ1) is 22.2. The monoisotopic (exact) mass is 434 g/mol. The van der Waals surface area contributed by atoms with Crippen LogP contribution in [0.3, 0.4) is 0 Å². The van der Waals surface area contributed by atoms with E-state index in [4.69, 9.17) is 4.42 Å². The lowest BCUT2D eigenvalue weighted by Crippen LogP contribution is -2.36. The van der Waals surface area contributed by atoms with Crippen molar-refractivity contribution < 1.29 is 9.52 Å². The van der Waals surface area contributed by atoms with Crippen molar-refractivity contribution in [3.63, 3.8) is 0 Å². The van der Waals surface area contributed by atoms with Gasteiger partial charge in [0.2, 0.25) is 0 Å². The molecular weight excluding hydrogens is 404 g/mol. The molecule has 0 aliphatic carbocycles. The number of rotatable bonds is 8. The van der Waals surface area contributed by atoms with Gasteiger partial charge in [0.05, 0.1) is 29.3 Å². The molecule has 4 rings (SSSR count). The van der Waals surface area contributed by atoms with Gasteiger partial charge in [0, 0.05) is 23.8 Å². The number of likely N-dealkylation sites (N-methyl/N-ethyl adjacent to an activating group) is 1. The van der Waals surface area contributed by atoms with E-state index in [2.05, 4.69) is 27.9 Å². The van der Waals surface area contributed by atoms with E-state index in [0.29, 0.717) is 16.8 Å². The molecule has 32 heavy (non-hydrogen) atoms. The Labute approximate surface area is 187 Å². The average Bonchev–Trinajstić information content (AvgIpc) is 3.19. The van der Waals surface area contributed by atoms with E-state index in [-0.39, 0.29) is 12.6 Å². The van der Waals surface area contributed by atoms with Gasteiger partial charge in [-0.05, 0) is 64.4 Å². The van der Waals surface area contributed by atoms with Gasteiger partial charge in [0.25, 0.3) is 0 Å². The zero-order valence-electron chi connectivity index (χ0n) is 19.1. The molecule has 0 saturated heterocycles. The minimum atomic E-state index is -0.394. The van der Waals surface area contributed by atoms with E-state index < -0.39 is 5.63 Å². The summed E-state index contributed by atoms with van der Waals surface area (Å²) in [4.78, 5) is 24.1. The second kappa shape index (κ2) is 9.22. The Bertz CT molecular complexity index is 1310. The van der Waals surface area contributed by atoms with E-state index in [9.17, 15) is 9.90 Å². The van der Waals surface area contributed by atoms with Crippen molar-refractivity contribution in [3.05, 3.63) is 64.0 Å². The first-order valence-electron chi connectivity index (χ1n) is 11.1. The number of aryl methyl sites for hydroxylation is 3. The molecular formula is C25H30N4O3. The van der Waals surface area contributed by atoms with Gasteiger partial charge in [-0.1, -0.05) is 19.1 Å². The minimum Gasteiger partial charge on any atom is -0.422 e. The summed E-state index contributed by atoms with van der Waals surface area (Å²) in [5.41, 5.74) is 4.80. The molecule has 0 aliphatic rings.